The molecule has 0 fully saturated rings. The first-order valence-corrected chi connectivity index (χ1v) is 5.08. The molecule has 0 atom stereocenters. The fourth-order valence-electron chi connectivity index (χ4n) is 1.52. The highest BCUT2D eigenvalue weighted by molar-refractivity contribution is 5.21. The maximum absolute atomic E-state index is 11.5. The van der Waals surface area contributed by atoms with Crippen molar-refractivity contribution in [2.24, 2.45) is 0 Å². The van der Waals surface area contributed by atoms with Crippen LogP contribution in [-0.4, -0.2) is 20.1 Å². The van der Waals surface area contributed by atoms with E-state index in [1.165, 1.54) is 20.0 Å². The molecule has 8 heteroatoms. The molecule has 8 nitrogen and oxygen atoms in total. The second-order valence-corrected chi connectivity index (χ2v) is 3.84. The molecule has 0 spiro atoms. The molecule has 0 amide bonds. The van der Waals surface area contributed by atoms with Crippen molar-refractivity contribution in [2.45, 2.75) is 13.8 Å². The van der Waals surface area contributed by atoms with Crippen LogP contribution in [0.3, 0.4) is 0 Å². The summed E-state index contributed by atoms with van der Waals surface area (Å²) in [6, 6.07) is -0.477. The second kappa shape index (κ2) is 3.99. The number of aromatic nitrogens is 4. The van der Waals surface area contributed by atoms with Gasteiger partial charge in [-0.15, -0.1) is 0 Å². The van der Waals surface area contributed by atoms with Crippen LogP contribution >= 0.6 is 0 Å². The van der Waals surface area contributed by atoms with Crippen molar-refractivity contribution in [1.82, 2.24) is 15.0 Å². The quantitative estimate of drug-likeness (QED) is 0.453. The summed E-state index contributed by atoms with van der Waals surface area (Å²) in [4.78, 5) is 40.6. The number of H-pyrrole nitrogens is 3. The van der Waals surface area contributed by atoms with Crippen molar-refractivity contribution in [2.75, 3.05) is 0 Å². The third-order valence-electron chi connectivity index (χ3n) is 2.53. The normalized spacial score (nSPS) is 10.6. The smallest absolute Gasteiger partial charge is 0.402 e. The predicted octanol–water partition coefficient (Wildman–Crippen LogP) is -1.65. The Bertz CT molecular complexity index is 784. The summed E-state index contributed by atoms with van der Waals surface area (Å²) in [5, 5.41) is 9.65. The lowest BCUT2D eigenvalue weighted by Gasteiger charge is -2.03. The van der Waals surface area contributed by atoms with E-state index in [-0.39, 0.29) is 11.4 Å². The molecule has 0 aliphatic heterocycles. The van der Waals surface area contributed by atoms with Crippen LogP contribution in [0.25, 0.3) is 5.82 Å². The summed E-state index contributed by atoms with van der Waals surface area (Å²) in [6.45, 7) is 3.02. The molecular formula is C10H11N4O4+. The number of nitrogens with zero attached hydrogens (tertiary/aromatic N) is 1. The third kappa shape index (κ3) is 1.83. The molecule has 0 unspecified atom stereocenters. The van der Waals surface area contributed by atoms with Crippen LogP contribution in [0.1, 0.15) is 11.1 Å². The number of aromatic amines is 3. The number of aryl methyl sites for hydroxylation is 1. The Morgan fingerprint density at radius 1 is 1.06 bits per heavy atom. The molecule has 2 aromatic heterocycles. The van der Waals surface area contributed by atoms with Gasteiger partial charge in [-0.3, -0.25) is 14.6 Å². The van der Waals surface area contributed by atoms with Crippen LogP contribution < -0.4 is 21.4 Å². The Hall–Kier alpha value is -2.64. The molecule has 0 saturated carbocycles. The van der Waals surface area contributed by atoms with Gasteiger partial charge >= 0.3 is 17.3 Å². The van der Waals surface area contributed by atoms with Gasteiger partial charge < -0.3 is 5.11 Å². The van der Waals surface area contributed by atoms with Gasteiger partial charge in [-0.05, 0) is 13.8 Å². The number of rotatable bonds is 1. The SMILES string of the molecule is Cc1c[n+](-c2[nH]c(=O)[nH]c(=O)c2C)c(O)[nH]c1=O. The Kier molecular flexibility index (Phi) is 2.62. The molecule has 2 aromatic rings. The molecule has 2 heterocycles. The largest absolute Gasteiger partial charge is 0.458 e. The van der Waals surface area contributed by atoms with E-state index in [1.807, 2.05) is 0 Å². The monoisotopic (exact) mass is 251 g/mol. The van der Waals surface area contributed by atoms with E-state index in [0.717, 1.165) is 4.57 Å². The molecule has 0 bridgehead atoms. The minimum atomic E-state index is -0.698. The summed E-state index contributed by atoms with van der Waals surface area (Å²) < 4.78 is 1.13. The van der Waals surface area contributed by atoms with Gasteiger partial charge in [0.2, 0.25) is 5.82 Å². The van der Waals surface area contributed by atoms with Crippen LogP contribution in [0.4, 0.5) is 0 Å². The lowest BCUT2D eigenvalue weighted by atomic mass is 10.3. The van der Waals surface area contributed by atoms with Crippen molar-refractivity contribution < 1.29 is 9.67 Å². The number of nitrogens with one attached hydrogen (secondary N) is 3. The molecule has 18 heavy (non-hydrogen) atoms. The van der Waals surface area contributed by atoms with Crippen molar-refractivity contribution in [3.63, 3.8) is 0 Å². The van der Waals surface area contributed by atoms with E-state index in [0.29, 0.717) is 5.56 Å². The first-order chi connectivity index (χ1) is 8.40. The van der Waals surface area contributed by atoms with Gasteiger partial charge in [-0.1, -0.05) is 0 Å². The standard InChI is InChI=1S/C10H10N4O4/c1-4-3-14(10(18)13-7(4)15)6-5(2)8(16)12-9(17)11-6/h3H,1-2H3,(H3,11,12,13,15,16,17,18)/p+1. The molecule has 0 saturated heterocycles. The molecule has 4 N–H and O–H groups in total. The fourth-order valence-corrected chi connectivity index (χ4v) is 1.52. The van der Waals surface area contributed by atoms with Crippen molar-refractivity contribution >= 4 is 0 Å². The van der Waals surface area contributed by atoms with Gasteiger partial charge in [-0.25, -0.2) is 14.8 Å². The van der Waals surface area contributed by atoms with Gasteiger partial charge in [0.15, 0.2) is 0 Å². The van der Waals surface area contributed by atoms with Gasteiger partial charge in [-0.2, -0.15) is 4.57 Å². The molecule has 2 rings (SSSR count). The minimum Gasteiger partial charge on any atom is -0.458 e. The van der Waals surface area contributed by atoms with Gasteiger partial charge in [0.05, 0.1) is 17.3 Å². The topological polar surface area (TPSA) is 123 Å². The zero-order valence-corrected chi connectivity index (χ0v) is 9.70. The molecule has 0 radical (unpaired) electrons. The molecule has 0 aromatic carbocycles. The predicted molar refractivity (Wildman–Crippen MR) is 61.0 cm³/mol. The van der Waals surface area contributed by atoms with Crippen LogP contribution in [0.5, 0.6) is 6.01 Å². The van der Waals surface area contributed by atoms with Crippen molar-refractivity contribution in [3.8, 4) is 11.8 Å². The second-order valence-electron chi connectivity index (χ2n) is 3.84. The van der Waals surface area contributed by atoms with E-state index >= 15 is 0 Å². The van der Waals surface area contributed by atoms with Crippen molar-refractivity contribution in [3.05, 3.63) is 48.5 Å². The zero-order chi connectivity index (χ0) is 13.4. The lowest BCUT2D eigenvalue weighted by Crippen LogP contribution is -2.41. The maximum atomic E-state index is 11.5. The highest BCUT2D eigenvalue weighted by atomic mass is 16.3. The number of hydrogen-bond donors (Lipinski definition) is 4. The number of aromatic hydroxyl groups is 1. The van der Waals surface area contributed by atoms with Crippen LogP contribution in [0, 0.1) is 13.8 Å². The molecule has 0 aliphatic carbocycles. The average Bonchev–Trinajstić information content (AvgIpc) is 2.29. The van der Waals surface area contributed by atoms with E-state index < -0.39 is 22.8 Å². The van der Waals surface area contributed by atoms with Gasteiger partial charge in [0.25, 0.3) is 5.56 Å². The van der Waals surface area contributed by atoms with Gasteiger partial charge in [0.1, 0.15) is 0 Å². The summed E-state index contributed by atoms with van der Waals surface area (Å²) in [5.74, 6) is 0.0978. The van der Waals surface area contributed by atoms with E-state index in [9.17, 15) is 19.5 Å². The summed E-state index contributed by atoms with van der Waals surface area (Å²) >= 11 is 0. The summed E-state index contributed by atoms with van der Waals surface area (Å²) in [5.41, 5.74) is -1.18. The molecular weight excluding hydrogens is 240 g/mol. The Balaban J connectivity index is 2.85. The van der Waals surface area contributed by atoms with Crippen LogP contribution in [-0.2, 0) is 0 Å². The minimum absolute atomic E-state index is 0.0978. The highest BCUT2D eigenvalue weighted by Gasteiger charge is 2.17. The Morgan fingerprint density at radius 2 is 1.72 bits per heavy atom. The van der Waals surface area contributed by atoms with Crippen molar-refractivity contribution in [1.29, 1.82) is 0 Å². The van der Waals surface area contributed by atoms with E-state index in [1.54, 1.807) is 0 Å². The van der Waals surface area contributed by atoms with Crippen LogP contribution in [0.2, 0.25) is 0 Å². The van der Waals surface area contributed by atoms with Crippen LogP contribution in [0.15, 0.2) is 20.6 Å². The number of hydrogen-bond acceptors (Lipinski definition) is 4. The molecule has 94 valence electrons. The fraction of sp³-hybridized carbons (Fsp3) is 0.200. The lowest BCUT2D eigenvalue weighted by molar-refractivity contribution is -0.612. The first kappa shape index (κ1) is 11.8. The van der Waals surface area contributed by atoms with Gasteiger partial charge in [0, 0.05) is 0 Å². The zero-order valence-electron chi connectivity index (χ0n) is 9.70. The highest BCUT2D eigenvalue weighted by Crippen LogP contribution is 2.00. The Labute approximate surface area is 99.6 Å². The van der Waals surface area contributed by atoms with E-state index in [4.69, 9.17) is 0 Å². The molecule has 0 aliphatic rings. The average molecular weight is 251 g/mol. The summed E-state index contributed by atoms with van der Waals surface area (Å²) in [7, 11) is 0. The third-order valence-corrected chi connectivity index (χ3v) is 2.53. The maximum Gasteiger partial charge on any atom is 0.402 e. The Morgan fingerprint density at radius 3 is 2.39 bits per heavy atom. The summed E-state index contributed by atoms with van der Waals surface area (Å²) in [6.07, 6.45) is 1.33. The first-order valence-electron chi connectivity index (χ1n) is 5.08. The van der Waals surface area contributed by atoms with E-state index in [2.05, 4.69) is 15.0 Å².